The molecule has 0 aliphatic rings. The first kappa shape index (κ1) is 12.6. The van der Waals surface area contributed by atoms with Crippen molar-refractivity contribution in [3.63, 3.8) is 0 Å². The molecule has 0 aliphatic carbocycles. The monoisotopic (exact) mass is 149 g/mol. The summed E-state index contributed by atoms with van der Waals surface area (Å²) in [4.78, 5) is 0. The van der Waals surface area contributed by atoms with Gasteiger partial charge in [0.25, 0.3) is 0 Å². The first-order valence-corrected chi connectivity index (χ1v) is 4.12. The minimum Gasteiger partial charge on any atom is -0.317 e. The van der Waals surface area contributed by atoms with E-state index in [1.807, 2.05) is 0 Å². The number of nitrogens with one attached hydrogen (secondary N) is 1. The fraction of sp³-hybridized carbons (Fsp3) is 1.00. The molecule has 10 heavy (non-hydrogen) atoms. The zero-order valence-electron chi connectivity index (χ0n) is 7.15. The quantitative estimate of drug-likeness (QED) is 0.571. The highest BCUT2D eigenvalue weighted by Gasteiger charge is 1.84. The van der Waals surface area contributed by atoms with E-state index in [0.29, 0.717) is 0 Å². The normalized spacial score (nSPS) is 9.00. The Balaban J connectivity index is 0. The van der Waals surface area contributed by atoms with Crippen LogP contribution in [0.15, 0.2) is 0 Å². The lowest BCUT2D eigenvalue weighted by Crippen LogP contribution is -2.13. The SMILES string of the molecule is CCCCCCNCC.F. The first-order chi connectivity index (χ1) is 4.41. The summed E-state index contributed by atoms with van der Waals surface area (Å²) in [5, 5.41) is 3.31. The van der Waals surface area contributed by atoms with Crippen molar-refractivity contribution in [1.29, 1.82) is 0 Å². The third kappa shape index (κ3) is 10.8. The molecule has 0 saturated heterocycles. The Morgan fingerprint density at radius 2 is 1.70 bits per heavy atom. The maximum atomic E-state index is 3.31. The molecular formula is C8H20FN. The van der Waals surface area contributed by atoms with E-state index >= 15 is 0 Å². The van der Waals surface area contributed by atoms with Gasteiger partial charge in [-0.05, 0) is 19.5 Å². The van der Waals surface area contributed by atoms with Gasteiger partial charge in [-0.1, -0.05) is 33.1 Å². The van der Waals surface area contributed by atoms with Crippen LogP contribution in [0.4, 0.5) is 4.70 Å². The minimum absolute atomic E-state index is 0. The van der Waals surface area contributed by atoms with Crippen LogP contribution in [0, 0.1) is 0 Å². The van der Waals surface area contributed by atoms with E-state index in [2.05, 4.69) is 19.2 Å². The van der Waals surface area contributed by atoms with Crippen LogP contribution >= 0.6 is 0 Å². The molecule has 0 heterocycles. The van der Waals surface area contributed by atoms with Gasteiger partial charge in [-0.25, -0.2) is 0 Å². The molecule has 0 radical (unpaired) electrons. The smallest absolute Gasteiger partial charge is 0.00490 e. The van der Waals surface area contributed by atoms with Crippen LogP contribution in [0.3, 0.4) is 0 Å². The van der Waals surface area contributed by atoms with Gasteiger partial charge in [-0.3, -0.25) is 4.70 Å². The van der Waals surface area contributed by atoms with E-state index in [1.54, 1.807) is 0 Å². The highest BCUT2D eigenvalue weighted by Crippen LogP contribution is 1.96. The molecule has 0 bridgehead atoms. The molecule has 0 aromatic heterocycles. The molecule has 0 spiro atoms. The summed E-state index contributed by atoms with van der Waals surface area (Å²) in [6.07, 6.45) is 5.47. The third-order valence-electron chi connectivity index (χ3n) is 1.46. The molecule has 0 rings (SSSR count). The maximum Gasteiger partial charge on any atom is -0.00490 e. The van der Waals surface area contributed by atoms with Gasteiger partial charge in [0.05, 0.1) is 0 Å². The summed E-state index contributed by atoms with van der Waals surface area (Å²) in [5.41, 5.74) is 0. The maximum absolute atomic E-state index is 3.31. The molecular weight excluding hydrogens is 129 g/mol. The molecule has 1 nitrogen and oxygen atoms in total. The second-order valence-corrected chi connectivity index (χ2v) is 2.41. The Morgan fingerprint density at radius 3 is 2.20 bits per heavy atom. The average Bonchev–Trinajstić information content (AvgIpc) is 1.89. The molecule has 0 unspecified atom stereocenters. The predicted molar refractivity (Wildman–Crippen MR) is 45.2 cm³/mol. The zero-order chi connectivity index (χ0) is 6.95. The molecule has 1 N–H and O–H groups in total. The van der Waals surface area contributed by atoms with E-state index in [0.717, 1.165) is 6.54 Å². The van der Waals surface area contributed by atoms with Gasteiger partial charge in [0.15, 0.2) is 0 Å². The Labute approximate surface area is 63.6 Å². The molecule has 2 heteroatoms. The lowest BCUT2D eigenvalue weighted by atomic mass is 10.2. The fourth-order valence-corrected chi connectivity index (χ4v) is 0.854. The molecule has 0 saturated carbocycles. The standard InChI is InChI=1S/C8H19N.FH/c1-3-5-6-7-8-9-4-2;/h9H,3-8H2,1-2H3;1H. The fourth-order valence-electron chi connectivity index (χ4n) is 0.854. The highest BCUT2D eigenvalue weighted by atomic mass is 19.0. The van der Waals surface area contributed by atoms with Gasteiger partial charge in [-0.2, -0.15) is 0 Å². The lowest BCUT2D eigenvalue weighted by Gasteiger charge is -1.98. The molecule has 0 aromatic carbocycles. The largest absolute Gasteiger partial charge is 0.317 e. The van der Waals surface area contributed by atoms with Crippen LogP contribution in [-0.2, 0) is 0 Å². The molecule has 0 aliphatic heterocycles. The van der Waals surface area contributed by atoms with Crippen molar-refractivity contribution in [1.82, 2.24) is 5.32 Å². The number of halogens is 1. The second-order valence-electron chi connectivity index (χ2n) is 2.41. The van der Waals surface area contributed by atoms with E-state index < -0.39 is 0 Å². The van der Waals surface area contributed by atoms with E-state index in [-0.39, 0.29) is 4.70 Å². The van der Waals surface area contributed by atoms with Crippen molar-refractivity contribution in [2.45, 2.75) is 39.5 Å². The lowest BCUT2D eigenvalue weighted by molar-refractivity contribution is 0.611. The van der Waals surface area contributed by atoms with E-state index in [9.17, 15) is 0 Å². The van der Waals surface area contributed by atoms with Crippen molar-refractivity contribution >= 4 is 0 Å². The Bertz CT molecular complexity index is 42.5. The first-order valence-electron chi connectivity index (χ1n) is 4.12. The van der Waals surface area contributed by atoms with Gasteiger partial charge in [0.2, 0.25) is 0 Å². The molecule has 0 fully saturated rings. The van der Waals surface area contributed by atoms with Crippen molar-refractivity contribution < 1.29 is 4.70 Å². The van der Waals surface area contributed by atoms with Gasteiger partial charge in [-0.15, -0.1) is 0 Å². The number of rotatable bonds is 6. The topological polar surface area (TPSA) is 12.0 Å². The Kier molecular flexibility index (Phi) is 14.6. The Hall–Kier alpha value is -0.110. The van der Waals surface area contributed by atoms with Gasteiger partial charge < -0.3 is 5.32 Å². The number of unbranched alkanes of at least 4 members (excludes halogenated alkanes) is 3. The van der Waals surface area contributed by atoms with Crippen molar-refractivity contribution in [3.8, 4) is 0 Å². The van der Waals surface area contributed by atoms with E-state index in [1.165, 1.54) is 32.2 Å². The Morgan fingerprint density at radius 1 is 1.00 bits per heavy atom. The molecule has 0 aromatic rings. The summed E-state index contributed by atoms with van der Waals surface area (Å²) in [6.45, 7) is 6.72. The van der Waals surface area contributed by atoms with Crippen LogP contribution in [0.2, 0.25) is 0 Å². The van der Waals surface area contributed by atoms with Gasteiger partial charge >= 0.3 is 0 Å². The number of hydrogen-bond acceptors (Lipinski definition) is 1. The summed E-state index contributed by atoms with van der Waals surface area (Å²) in [5.74, 6) is 0. The van der Waals surface area contributed by atoms with Gasteiger partial charge in [0.1, 0.15) is 0 Å². The minimum atomic E-state index is 0. The van der Waals surface area contributed by atoms with Crippen molar-refractivity contribution in [3.05, 3.63) is 0 Å². The third-order valence-corrected chi connectivity index (χ3v) is 1.46. The molecule has 64 valence electrons. The molecule has 0 amide bonds. The molecule has 0 atom stereocenters. The van der Waals surface area contributed by atoms with Crippen LogP contribution in [-0.4, -0.2) is 13.1 Å². The summed E-state index contributed by atoms with van der Waals surface area (Å²) >= 11 is 0. The number of hydrogen-bond donors (Lipinski definition) is 1. The summed E-state index contributed by atoms with van der Waals surface area (Å²) in [7, 11) is 0. The highest BCUT2D eigenvalue weighted by molar-refractivity contribution is 4.44. The summed E-state index contributed by atoms with van der Waals surface area (Å²) in [6, 6.07) is 0. The summed E-state index contributed by atoms with van der Waals surface area (Å²) < 4.78 is 0. The van der Waals surface area contributed by atoms with Crippen LogP contribution in [0.1, 0.15) is 39.5 Å². The van der Waals surface area contributed by atoms with Crippen molar-refractivity contribution in [2.75, 3.05) is 13.1 Å². The zero-order valence-corrected chi connectivity index (χ0v) is 7.15. The van der Waals surface area contributed by atoms with Crippen LogP contribution in [0.25, 0.3) is 0 Å². The second kappa shape index (κ2) is 11.7. The van der Waals surface area contributed by atoms with E-state index in [4.69, 9.17) is 0 Å². The van der Waals surface area contributed by atoms with Crippen LogP contribution < -0.4 is 5.32 Å². The van der Waals surface area contributed by atoms with Gasteiger partial charge in [0, 0.05) is 0 Å². The predicted octanol–water partition coefficient (Wildman–Crippen LogP) is 2.33. The average molecular weight is 149 g/mol. The van der Waals surface area contributed by atoms with Crippen molar-refractivity contribution in [2.24, 2.45) is 0 Å². The van der Waals surface area contributed by atoms with Crippen LogP contribution in [0.5, 0.6) is 0 Å².